The predicted molar refractivity (Wildman–Crippen MR) is 79.8 cm³/mol. The van der Waals surface area contributed by atoms with E-state index in [9.17, 15) is 9.59 Å². The fraction of sp³-hybridized carbons (Fsp3) is 0.733. The van der Waals surface area contributed by atoms with Gasteiger partial charge in [-0.1, -0.05) is 30.9 Å². The molecule has 0 spiro atoms. The van der Waals surface area contributed by atoms with Crippen LogP contribution in [-0.2, 0) is 9.59 Å². The minimum Gasteiger partial charge on any atom is -0.354 e. The summed E-state index contributed by atoms with van der Waals surface area (Å²) in [5.74, 6) is -0.453. The lowest BCUT2D eigenvalue weighted by molar-refractivity contribution is -0.883. The first-order valence-electron chi connectivity index (χ1n) is 7.93. The van der Waals surface area contributed by atoms with Crippen molar-refractivity contribution in [3.8, 4) is 0 Å². The number of amides is 2. The normalized spacial score (nSPS) is 26.2. The van der Waals surface area contributed by atoms with Crippen LogP contribution in [-0.4, -0.2) is 60.9 Å². The zero-order valence-corrected chi connectivity index (χ0v) is 13.3. The SMILES string of the molecule is C[NH+]1CCN(C2=C(Cl)C(=O)N(C3CCCCC3)C2=O)CC1. The van der Waals surface area contributed by atoms with E-state index in [1.165, 1.54) is 16.2 Å². The van der Waals surface area contributed by atoms with Gasteiger partial charge in [0.2, 0.25) is 0 Å². The molecule has 2 fully saturated rings. The van der Waals surface area contributed by atoms with Gasteiger partial charge in [-0.15, -0.1) is 0 Å². The van der Waals surface area contributed by atoms with Crippen LogP contribution in [0.2, 0.25) is 0 Å². The van der Waals surface area contributed by atoms with Gasteiger partial charge >= 0.3 is 0 Å². The molecule has 2 amide bonds. The van der Waals surface area contributed by atoms with E-state index < -0.39 is 0 Å². The fourth-order valence-electron chi connectivity index (χ4n) is 3.56. The molecule has 0 aromatic carbocycles. The van der Waals surface area contributed by atoms with Crippen LogP contribution in [0.5, 0.6) is 0 Å². The minimum atomic E-state index is -0.283. The third-order valence-electron chi connectivity index (χ3n) is 4.91. The summed E-state index contributed by atoms with van der Waals surface area (Å²) in [6.45, 7) is 3.51. The molecule has 0 aromatic heterocycles. The third kappa shape index (κ3) is 2.69. The van der Waals surface area contributed by atoms with E-state index in [0.29, 0.717) is 5.70 Å². The number of quaternary nitrogens is 1. The molecule has 0 radical (unpaired) electrons. The number of imide groups is 1. The van der Waals surface area contributed by atoms with Crippen molar-refractivity contribution in [3.63, 3.8) is 0 Å². The van der Waals surface area contributed by atoms with E-state index in [1.54, 1.807) is 0 Å². The van der Waals surface area contributed by atoms with Crippen molar-refractivity contribution in [2.75, 3.05) is 33.2 Å². The van der Waals surface area contributed by atoms with Crippen molar-refractivity contribution in [2.45, 2.75) is 38.1 Å². The Morgan fingerprint density at radius 3 is 2.29 bits per heavy atom. The first-order valence-corrected chi connectivity index (χ1v) is 8.31. The highest BCUT2D eigenvalue weighted by Crippen LogP contribution is 2.32. The number of rotatable bonds is 2. The van der Waals surface area contributed by atoms with Gasteiger partial charge in [-0.25, -0.2) is 0 Å². The van der Waals surface area contributed by atoms with Crippen molar-refractivity contribution in [1.29, 1.82) is 0 Å². The number of halogens is 1. The Balaban J connectivity index is 1.78. The van der Waals surface area contributed by atoms with Crippen molar-refractivity contribution < 1.29 is 14.5 Å². The molecular weight excluding hydrogens is 290 g/mol. The van der Waals surface area contributed by atoms with Gasteiger partial charge in [0.1, 0.15) is 10.7 Å². The Labute approximate surface area is 130 Å². The van der Waals surface area contributed by atoms with E-state index in [1.807, 2.05) is 4.90 Å². The monoisotopic (exact) mass is 312 g/mol. The molecule has 1 N–H and O–H groups in total. The molecule has 0 bridgehead atoms. The molecule has 6 heteroatoms. The number of carbonyl (C=O) groups excluding carboxylic acids is 2. The quantitative estimate of drug-likeness (QED) is 0.728. The van der Waals surface area contributed by atoms with Gasteiger partial charge < -0.3 is 9.80 Å². The summed E-state index contributed by atoms with van der Waals surface area (Å²) in [6, 6.07) is 0.0445. The van der Waals surface area contributed by atoms with Crippen LogP contribution in [0, 0.1) is 0 Å². The van der Waals surface area contributed by atoms with E-state index >= 15 is 0 Å². The first-order chi connectivity index (χ1) is 10.1. The number of piperazine rings is 1. The third-order valence-corrected chi connectivity index (χ3v) is 5.25. The topological polar surface area (TPSA) is 45.1 Å². The number of likely N-dealkylation sites (N-methyl/N-ethyl adjacent to an activating group) is 1. The van der Waals surface area contributed by atoms with E-state index in [4.69, 9.17) is 11.6 Å². The van der Waals surface area contributed by atoms with Crippen LogP contribution in [0.25, 0.3) is 0 Å². The average Bonchev–Trinajstić information content (AvgIpc) is 2.72. The second kappa shape index (κ2) is 5.97. The molecular formula is C15H23ClN3O2+. The van der Waals surface area contributed by atoms with Crippen LogP contribution in [0.3, 0.4) is 0 Å². The smallest absolute Gasteiger partial charge is 0.279 e. The number of hydrogen-bond acceptors (Lipinski definition) is 3. The number of carbonyl (C=O) groups is 2. The first kappa shape index (κ1) is 14.9. The van der Waals surface area contributed by atoms with Crippen LogP contribution < -0.4 is 4.90 Å². The van der Waals surface area contributed by atoms with Crippen LogP contribution in [0.4, 0.5) is 0 Å². The van der Waals surface area contributed by atoms with E-state index in [-0.39, 0.29) is 22.9 Å². The van der Waals surface area contributed by atoms with E-state index in [0.717, 1.165) is 51.9 Å². The zero-order chi connectivity index (χ0) is 15.0. The number of nitrogens with zero attached hydrogens (tertiary/aromatic N) is 2. The Hall–Kier alpha value is -1.07. The van der Waals surface area contributed by atoms with E-state index in [2.05, 4.69) is 7.05 Å². The summed E-state index contributed by atoms with van der Waals surface area (Å²) in [5.41, 5.74) is 0.444. The van der Waals surface area contributed by atoms with Crippen LogP contribution in [0.1, 0.15) is 32.1 Å². The molecule has 0 aromatic rings. The molecule has 2 aliphatic heterocycles. The maximum atomic E-state index is 12.7. The molecule has 21 heavy (non-hydrogen) atoms. The van der Waals surface area contributed by atoms with Gasteiger partial charge in [0, 0.05) is 6.04 Å². The van der Waals surface area contributed by atoms with Crippen molar-refractivity contribution in [1.82, 2.24) is 9.80 Å². The second-order valence-corrected chi connectivity index (χ2v) is 6.76. The van der Waals surface area contributed by atoms with Gasteiger partial charge in [0.15, 0.2) is 0 Å². The Morgan fingerprint density at radius 2 is 1.67 bits per heavy atom. The highest BCUT2D eigenvalue weighted by Gasteiger charge is 2.44. The highest BCUT2D eigenvalue weighted by atomic mass is 35.5. The molecule has 0 atom stereocenters. The lowest BCUT2D eigenvalue weighted by Crippen LogP contribution is -3.11. The van der Waals surface area contributed by atoms with Crippen LogP contribution >= 0.6 is 11.6 Å². The Kier molecular flexibility index (Phi) is 4.22. The molecule has 3 aliphatic rings. The van der Waals surface area contributed by atoms with Crippen molar-refractivity contribution in [3.05, 3.63) is 10.7 Å². The zero-order valence-electron chi connectivity index (χ0n) is 12.5. The number of hydrogen-bond donors (Lipinski definition) is 1. The second-order valence-electron chi connectivity index (χ2n) is 6.38. The lowest BCUT2D eigenvalue weighted by atomic mass is 9.94. The summed E-state index contributed by atoms with van der Waals surface area (Å²) in [5, 5.41) is 0.130. The largest absolute Gasteiger partial charge is 0.354 e. The summed E-state index contributed by atoms with van der Waals surface area (Å²) in [4.78, 5) is 30.0. The summed E-state index contributed by atoms with van der Waals surface area (Å²) in [6.07, 6.45) is 5.21. The van der Waals surface area contributed by atoms with Crippen molar-refractivity contribution >= 4 is 23.4 Å². The summed E-state index contributed by atoms with van der Waals surface area (Å²) in [7, 11) is 2.14. The molecule has 1 saturated carbocycles. The van der Waals surface area contributed by atoms with Crippen molar-refractivity contribution in [2.24, 2.45) is 0 Å². The van der Waals surface area contributed by atoms with Gasteiger partial charge in [-0.3, -0.25) is 14.5 Å². The van der Waals surface area contributed by atoms with Gasteiger partial charge in [0.05, 0.1) is 33.2 Å². The van der Waals surface area contributed by atoms with Crippen LogP contribution in [0.15, 0.2) is 10.7 Å². The molecule has 116 valence electrons. The fourth-order valence-corrected chi connectivity index (χ4v) is 3.86. The predicted octanol–water partition coefficient (Wildman–Crippen LogP) is -0.0314. The van der Waals surface area contributed by atoms with Gasteiger partial charge in [0.25, 0.3) is 11.8 Å². The molecule has 2 heterocycles. The average molecular weight is 313 g/mol. The van der Waals surface area contributed by atoms with Gasteiger partial charge in [-0.2, -0.15) is 0 Å². The molecule has 3 rings (SSSR count). The molecule has 1 aliphatic carbocycles. The highest BCUT2D eigenvalue weighted by molar-refractivity contribution is 6.47. The molecule has 0 unspecified atom stereocenters. The Morgan fingerprint density at radius 1 is 1.05 bits per heavy atom. The lowest BCUT2D eigenvalue weighted by Gasteiger charge is -2.33. The minimum absolute atomic E-state index is 0.0445. The molecule has 1 saturated heterocycles. The Bertz CT molecular complexity index is 477. The standard InChI is InChI=1S/C15H22ClN3O2/c1-17-7-9-18(10-8-17)13-12(16)14(20)19(15(13)21)11-5-3-2-4-6-11/h11H,2-10H2,1H3/p+1. The molecule has 5 nitrogen and oxygen atoms in total. The summed E-state index contributed by atoms with van der Waals surface area (Å²) >= 11 is 6.23. The maximum Gasteiger partial charge on any atom is 0.279 e. The van der Waals surface area contributed by atoms with Gasteiger partial charge in [-0.05, 0) is 12.8 Å². The summed E-state index contributed by atoms with van der Waals surface area (Å²) < 4.78 is 0. The number of nitrogens with one attached hydrogen (secondary N) is 1. The maximum absolute atomic E-state index is 12.7.